The Labute approximate surface area is 115 Å². The highest BCUT2D eigenvalue weighted by Gasteiger charge is 2.22. The molecule has 1 aliphatic rings. The summed E-state index contributed by atoms with van der Waals surface area (Å²) in [6, 6.07) is 7.64. The first kappa shape index (κ1) is 13.9. The number of carbonyl (C=O) groups excluding carboxylic acids is 1. The van der Waals surface area contributed by atoms with Crippen LogP contribution in [-0.2, 0) is 4.79 Å². The van der Waals surface area contributed by atoms with Gasteiger partial charge in [0.05, 0.1) is 6.10 Å². The largest absolute Gasteiger partial charge is 0.491 e. The molecule has 0 bridgehead atoms. The van der Waals surface area contributed by atoms with Crippen molar-refractivity contribution in [1.82, 2.24) is 0 Å². The summed E-state index contributed by atoms with van der Waals surface area (Å²) in [7, 11) is 0. The van der Waals surface area contributed by atoms with Crippen LogP contribution in [0.4, 0.5) is 5.69 Å². The van der Waals surface area contributed by atoms with E-state index in [1.165, 1.54) is 12.8 Å². The Morgan fingerprint density at radius 2 is 1.95 bits per heavy atom. The van der Waals surface area contributed by atoms with Gasteiger partial charge in [-0.2, -0.15) is 0 Å². The lowest BCUT2D eigenvalue weighted by atomic mass is 10.1. The van der Waals surface area contributed by atoms with E-state index in [0.29, 0.717) is 0 Å². The first-order chi connectivity index (χ1) is 9.19. The molecule has 1 fully saturated rings. The topological polar surface area (TPSA) is 38.3 Å². The molecule has 1 N–H and O–H groups in total. The van der Waals surface area contributed by atoms with E-state index in [1.54, 1.807) is 0 Å². The van der Waals surface area contributed by atoms with Gasteiger partial charge < -0.3 is 10.1 Å². The molecule has 1 atom stereocenters. The van der Waals surface area contributed by atoms with Crippen LogP contribution in [0.5, 0.6) is 5.75 Å². The normalized spacial score (nSPS) is 17.2. The zero-order chi connectivity index (χ0) is 13.7. The van der Waals surface area contributed by atoms with Gasteiger partial charge in [0.2, 0.25) is 5.91 Å². The number of benzene rings is 1. The Kier molecular flexibility index (Phi) is 4.83. The molecular weight excluding hydrogens is 238 g/mol. The third-order valence-electron chi connectivity index (χ3n) is 3.76. The van der Waals surface area contributed by atoms with Crippen LogP contribution in [0, 0.1) is 5.92 Å². The number of anilines is 1. The number of hydrogen-bond donors (Lipinski definition) is 1. The van der Waals surface area contributed by atoms with Crippen LogP contribution in [0.25, 0.3) is 0 Å². The zero-order valence-corrected chi connectivity index (χ0v) is 11.8. The van der Waals surface area contributed by atoms with Crippen molar-refractivity contribution >= 4 is 11.6 Å². The molecule has 0 saturated heterocycles. The van der Waals surface area contributed by atoms with Crippen LogP contribution >= 0.6 is 0 Å². The van der Waals surface area contributed by atoms with Gasteiger partial charge in [0.1, 0.15) is 5.75 Å². The third-order valence-corrected chi connectivity index (χ3v) is 3.76. The Bertz CT molecular complexity index is 407. The minimum atomic E-state index is 0.160. The lowest BCUT2D eigenvalue weighted by molar-refractivity contribution is -0.119. The minimum absolute atomic E-state index is 0.160. The molecule has 0 heterocycles. The minimum Gasteiger partial charge on any atom is -0.491 e. The van der Waals surface area contributed by atoms with Gasteiger partial charge in [0.25, 0.3) is 0 Å². The quantitative estimate of drug-likeness (QED) is 0.870. The summed E-state index contributed by atoms with van der Waals surface area (Å²) in [5, 5.41) is 2.98. The molecule has 3 heteroatoms. The van der Waals surface area contributed by atoms with Crippen molar-refractivity contribution < 1.29 is 9.53 Å². The molecule has 3 nitrogen and oxygen atoms in total. The lowest BCUT2D eigenvalue weighted by Crippen LogP contribution is -2.20. The molecule has 19 heavy (non-hydrogen) atoms. The highest BCUT2D eigenvalue weighted by molar-refractivity contribution is 5.92. The summed E-state index contributed by atoms with van der Waals surface area (Å²) >= 11 is 0. The van der Waals surface area contributed by atoms with Gasteiger partial charge in [-0.05, 0) is 50.5 Å². The first-order valence-electron chi connectivity index (χ1n) is 7.26. The van der Waals surface area contributed by atoms with Crippen LogP contribution in [0.2, 0.25) is 0 Å². The number of ether oxygens (including phenoxy) is 1. The molecule has 0 aromatic heterocycles. The molecule has 2 rings (SSSR count). The van der Waals surface area contributed by atoms with E-state index < -0.39 is 0 Å². The standard InChI is InChI=1S/C16H23NO2/c1-3-12(2)19-15-10-8-14(9-11-15)17-16(18)13-6-4-5-7-13/h8-13H,3-7H2,1-2H3,(H,17,18). The van der Waals surface area contributed by atoms with Crippen LogP contribution in [0.3, 0.4) is 0 Å². The summed E-state index contributed by atoms with van der Waals surface area (Å²) in [6.45, 7) is 4.15. The van der Waals surface area contributed by atoms with Crippen molar-refractivity contribution in [2.45, 2.75) is 52.1 Å². The molecule has 0 radical (unpaired) electrons. The van der Waals surface area contributed by atoms with Crippen molar-refractivity contribution in [3.63, 3.8) is 0 Å². The Hall–Kier alpha value is -1.51. The fourth-order valence-corrected chi connectivity index (χ4v) is 2.36. The molecule has 1 saturated carbocycles. The van der Waals surface area contributed by atoms with Gasteiger partial charge in [-0.1, -0.05) is 19.8 Å². The van der Waals surface area contributed by atoms with Gasteiger partial charge in [-0.3, -0.25) is 4.79 Å². The molecule has 1 amide bonds. The van der Waals surface area contributed by atoms with Crippen molar-refractivity contribution in [3.05, 3.63) is 24.3 Å². The Balaban J connectivity index is 1.89. The Morgan fingerprint density at radius 3 is 2.53 bits per heavy atom. The van der Waals surface area contributed by atoms with Gasteiger partial charge in [-0.25, -0.2) is 0 Å². The number of amides is 1. The van der Waals surface area contributed by atoms with Gasteiger partial charge >= 0.3 is 0 Å². The second-order valence-corrected chi connectivity index (χ2v) is 5.33. The van der Waals surface area contributed by atoms with Crippen LogP contribution in [-0.4, -0.2) is 12.0 Å². The molecular formula is C16H23NO2. The lowest BCUT2D eigenvalue weighted by Gasteiger charge is -2.14. The maximum atomic E-state index is 12.0. The molecule has 0 spiro atoms. The second-order valence-electron chi connectivity index (χ2n) is 5.33. The van der Waals surface area contributed by atoms with Crippen LogP contribution in [0.1, 0.15) is 46.0 Å². The highest BCUT2D eigenvalue weighted by atomic mass is 16.5. The maximum Gasteiger partial charge on any atom is 0.227 e. The summed E-state index contributed by atoms with van der Waals surface area (Å²) in [6.07, 6.45) is 5.63. The SMILES string of the molecule is CCC(C)Oc1ccc(NC(=O)C2CCCC2)cc1. The second kappa shape index (κ2) is 6.60. The van der Waals surface area contributed by atoms with Gasteiger partial charge in [0.15, 0.2) is 0 Å². The first-order valence-corrected chi connectivity index (χ1v) is 7.26. The average molecular weight is 261 g/mol. The number of carbonyl (C=O) groups is 1. The third kappa shape index (κ3) is 3.98. The van der Waals surface area contributed by atoms with E-state index >= 15 is 0 Å². The average Bonchev–Trinajstić information content (AvgIpc) is 2.95. The molecule has 104 valence electrons. The number of rotatable bonds is 5. The van der Waals surface area contributed by atoms with E-state index in [1.807, 2.05) is 24.3 Å². The molecule has 0 aliphatic heterocycles. The predicted molar refractivity (Wildman–Crippen MR) is 77.4 cm³/mol. The summed E-state index contributed by atoms with van der Waals surface area (Å²) < 4.78 is 5.71. The van der Waals surface area contributed by atoms with E-state index in [4.69, 9.17) is 4.74 Å². The number of nitrogens with one attached hydrogen (secondary N) is 1. The van der Waals surface area contributed by atoms with Gasteiger partial charge in [0, 0.05) is 11.6 Å². The fourth-order valence-electron chi connectivity index (χ4n) is 2.36. The summed E-state index contributed by atoms with van der Waals surface area (Å²) in [4.78, 5) is 12.0. The molecule has 1 aliphatic carbocycles. The van der Waals surface area contributed by atoms with E-state index in [0.717, 1.165) is 30.7 Å². The van der Waals surface area contributed by atoms with Crippen molar-refractivity contribution in [2.24, 2.45) is 5.92 Å². The maximum absolute atomic E-state index is 12.0. The summed E-state index contributed by atoms with van der Waals surface area (Å²) in [5.41, 5.74) is 0.855. The van der Waals surface area contributed by atoms with Crippen LogP contribution in [0.15, 0.2) is 24.3 Å². The molecule has 1 unspecified atom stereocenters. The fraction of sp³-hybridized carbons (Fsp3) is 0.562. The predicted octanol–water partition coefficient (Wildman–Crippen LogP) is 3.99. The highest BCUT2D eigenvalue weighted by Crippen LogP contribution is 2.26. The molecule has 1 aromatic carbocycles. The van der Waals surface area contributed by atoms with Crippen molar-refractivity contribution in [2.75, 3.05) is 5.32 Å². The molecule has 1 aromatic rings. The monoisotopic (exact) mass is 261 g/mol. The van der Waals surface area contributed by atoms with Crippen LogP contribution < -0.4 is 10.1 Å². The Morgan fingerprint density at radius 1 is 1.32 bits per heavy atom. The van der Waals surface area contributed by atoms with Crippen molar-refractivity contribution in [1.29, 1.82) is 0 Å². The summed E-state index contributed by atoms with van der Waals surface area (Å²) in [5.74, 6) is 1.22. The van der Waals surface area contributed by atoms with Crippen molar-refractivity contribution in [3.8, 4) is 5.75 Å². The number of hydrogen-bond acceptors (Lipinski definition) is 2. The van der Waals surface area contributed by atoms with Gasteiger partial charge in [-0.15, -0.1) is 0 Å². The van der Waals surface area contributed by atoms with E-state index in [-0.39, 0.29) is 17.9 Å². The zero-order valence-electron chi connectivity index (χ0n) is 11.8. The smallest absolute Gasteiger partial charge is 0.227 e. The van der Waals surface area contributed by atoms with E-state index in [2.05, 4.69) is 19.2 Å². The van der Waals surface area contributed by atoms with E-state index in [9.17, 15) is 4.79 Å².